The molecular formula is C23H24FN3O3S. The van der Waals surface area contributed by atoms with Crippen LogP contribution in [0.15, 0.2) is 58.5 Å². The summed E-state index contributed by atoms with van der Waals surface area (Å²) in [5.74, 6) is -0.234. The van der Waals surface area contributed by atoms with Crippen LogP contribution >= 0.6 is 0 Å². The van der Waals surface area contributed by atoms with Gasteiger partial charge in [-0.1, -0.05) is 35.9 Å². The summed E-state index contributed by atoms with van der Waals surface area (Å²) in [4.78, 5) is 16.6. The first-order valence-electron chi connectivity index (χ1n) is 10.2. The molecule has 2 aromatic carbocycles. The van der Waals surface area contributed by atoms with E-state index in [1.807, 2.05) is 24.0 Å². The van der Waals surface area contributed by atoms with E-state index in [1.165, 1.54) is 18.2 Å². The molecule has 4 rings (SSSR count). The lowest BCUT2D eigenvalue weighted by atomic mass is 10.1. The highest BCUT2D eigenvalue weighted by Gasteiger charge is 2.34. The highest BCUT2D eigenvalue weighted by molar-refractivity contribution is 8.00. The summed E-state index contributed by atoms with van der Waals surface area (Å²) in [5.41, 5.74) is 2.61. The molecule has 0 aromatic heterocycles. The normalized spacial score (nSPS) is 18.7. The first-order valence-corrected chi connectivity index (χ1v) is 11.6. The molecule has 1 saturated heterocycles. The second kappa shape index (κ2) is 8.26. The minimum Gasteiger partial charge on any atom is -0.354 e. The molecule has 0 bridgehead atoms. The molecule has 0 spiro atoms. The van der Waals surface area contributed by atoms with Crippen LogP contribution in [0.5, 0.6) is 0 Å². The van der Waals surface area contributed by atoms with Gasteiger partial charge >= 0.3 is 0 Å². The Morgan fingerprint density at radius 1 is 1.00 bits per heavy atom. The molecule has 162 valence electrons. The van der Waals surface area contributed by atoms with Crippen LogP contribution in [0.4, 0.5) is 4.39 Å². The van der Waals surface area contributed by atoms with Gasteiger partial charge in [0.2, 0.25) is 0 Å². The SMILES string of the molecule is CC1=C(c2ccc(C)cc2)S(=O)(=O)N=C1N1CCCN(C(=O)c2cccc(F)c2)CC1. The molecule has 2 heterocycles. The number of hydrogen-bond donors (Lipinski definition) is 0. The number of amides is 1. The maximum Gasteiger partial charge on any atom is 0.285 e. The Labute approximate surface area is 181 Å². The molecule has 0 aliphatic carbocycles. The number of nitrogens with zero attached hydrogens (tertiary/aromatic N) is 3. The maximum absolute atomic E-state index is 13.5. The topological polar surface area (TPSA) is 70.1 Å². The summed E-state index contributed by atoms with van der Waals surface area (Å²) >= 11 is 0. The van der Waals surface area contributed by atoms with Gasteiger partial charge in [0, 0.05) is 37.3 Å². The number of hydrogen-bond acceptors (Lipinski definition) is 4. The van der Waals surface area contributed by atoms with Crippen LogP contribution < -0.4 is 0 Å². The van der Waals surface area contributed by atoms with Crippen molar-refractivity contribution in [3.63, 3.8) is 0 Å². The quantitative estimate of drug-likeness (QED) is 0.716. The van der Waals surface area contributed by atoms with Crippen LogP contribution in [-0.2, 0) is 10.0 Å². The highest BCUT2D eigenvalue weighted by Crippen LogP contribution is 2.34. The average Bonchev–Trinajstić information content (AvgIpc) is 2.89. The smallest absolute Gasteiger partial charge is 0.285 e. The fourth-order valence-corrected chi connectivity index (χ4v) is 5.51. The predicted octanol–water partition coefficient (Wildman–Crippen LogP) is 3.46. The van der Waals surface area contributed by atoms with E-state index >= 15 is 0 Å². The summed E-state index contributed by atoms with van der Waals surface area (Å²) < 4.78 is 43.2. The Morgan fingerprint density at radius 3 is 2.45 bits per heavy atom. The van der Waals surface area contributed by atoms with E-state index in [9.17, 15) is 17.6 Å². The van der Waals surface area contributed by atoms with Crippen LogP contribution in [0.25, 0.3) is 4.91 Å². The summed E-state index contributed by atoms with van der Waals surface area (Å²) in [6, 6.07) is 13.0. The van der Waals surface area contributed by atoms with Crippen LogP contribution in [0.3, 0.4) is 0 Å². The number of carbonyl (C=O) groups is 1. The molecule has 0 unspecified atom stereocenters. The summed E-state index contributed by atoms with van der Waals surface area (Å²) in [7, 11) is -3.79. The molecule has 0 saturated carbocycles. The minimum absolute atomic E-state index is 0.227. The van der Waals surface area contributed by atoms with E-state index in [0.29, 0.717) is 55.1 Å². The first kappa shape index (κ1) is 21.2. The van der Waals surface area contributed by atoms with E-state index in [-0.39, 0.29) is 10.8 Å². The monoisotopic (exact) mass is 441 g/mol. The second-order valence-electron chi connectivity index (χ2n) is 7.85. The third-order valence-corrected chi connectivity index (χ3v) is 7.08. The van der Waals surface area contributed by atoms with Gasteiger partial charge in [0.05, 0.1) is 0 Å². The zero-order chi connectivity index (χ0) is 22.2. The maximum atomic E-state index is 13.5. The Morgan fingerprint density at radius 2 is 1.74 bits per heavy atom. The van der Waals surface area contributed by atoms with Crippen LogP contribution in [0, 0.1) is 12.7 Å². The number of sulfonamides is 1. The Kier molecular flexibility index (Phi) is 5.66. The van der Waals surface area contributed by atoms with Gasteiger partial charge in [-0.2, -0.15) is 8.42 Å². The second-order valence-corrected chi connectivity index (χ2v) is 9.39. The van der Waals surface area contributed by atoms with E-state index in [1.54, 1.807) is 30.0 Å². The van der Waals surface area contributed by atoms with Gasteiger partial charge in [-0.3, -0.25) is 4.79 Å². The lowest BCUT2D eigenvalue weighted by Gasteiger charge is -2.24. The molecule has 1 fully saturated rings. The molecule has 8 heteroatoms. The molecule has 2 aromatic rings. The van der Waals surface area contributed by atoms with Gasteiger partial charge in [0.25, 0.3) is 15.9 Å². The van der Waals surface area contributed by atoms with Crippen LogP contribution in [-0.4, -0.2) is 56.1 Å². The van der Waals surface area contributed by atoms with Crippen LogP contribution in [0.2, 0.25) is 0 Å². The van der Waals surface area contributed by atoms with Crippen molar-refractivity contribution in [1.29, 1.82) is 0 Å². The van der Waals surface area contributed by atoms with Gasteiger partial charge < -0.3 is 9.80 Å². The number of amidine groups is 1. The Balaban J connectivity index is 1.55. The first-order chi connectivity index (χ1) is 14.8. The van der Waals surface area contributed by atoms with Crippen molar-refractivity contribution < 1.29 is 17.6 Å². The summed E-state index contributed by atoms with van der Waals surface area (Å²) in [6.07, 6.45) is 0.660. The molecule has 2 aliphatic heterocycles. The van der Waals surface area contributed by atoms with Crippen molar-refractivity contribution in [2.45, 2.75) is 20.3 Å². The van der Waals surface area contributed by atoms with E-state index in [0.717, 1.165) is 5.56 Å². The van der Waals surface area contributed by atoms with E-state index < -0.39 is 15.8 Å². The fraction of sp³-hybridized carbons (Fsp3) is 0.304. The molecule has 6 nitrogen and oxygen atoms in total. The predicted molar refractivity (Wildman–Crippen MR) is 119 cm³/mol. The van der Waals surface area contributed by atoms with Crippen molar-refractivity contribution in [2.75, 3.05) is 26.2 Å². The number of rotatable bonds is 2. The third-order valence-electron chi connectivity index (χ3n) is 5.61. The lowest BCUT2D eigenvalue weighted by Crippen LogP contribution is -2.37. The number of aryl methyl sites for hydroxylation is 1. The summed E-state index contributed by atoms with van der Waals surface area (Å²) in [5, 5.41) is 0. The third kappa shape index (κ3) is 4.25. The standard InChI is InChI=1S/C23H24FN3O3S/c1-16-7-9-18(10-8-16)21-17(2)22(25-31(21,29)30)26-11-4-12-27(14-13-26)23(28)19-5-3-6-20(24)15-19/h3,5-10,15H,4,11-14H2,1-2H3. The van der Waals surface area contributed by atoms with Crippen molar-refractivity contribution in [3.8, 4) is 0 Å². The lowest BCUT2D eigenvalue weighted by molar-refractivity contribution is 0.0763. The fourth-order valence-electron chi connectivity index (χ4n) is 4.02. The molecule has 0 N–H and O–H groups in total. The van der Waals surface area contributed by atoms with Crippen LogP contribution in [0.1, 0.15) is 34.8 Å². The molecular weight excluding hydrogens is 417 g/mol. The van der Waals surface area contributed by atoms with Gasteiger partial charge in [-0.15, -0.1) is 4.40 Å². The number of halogens is 1. The zero-order valence-electron chi connectivity index (χ0n) is 17.5. The van der Waals surface area contributed by atoms with Gasteiger partial charge in [-0.25, -0.2) is 4.39 Å². The van der Waals surface area contributed by atoms with Gasteiger partial charge in [0.15, 0.2) is 0 Å². The Hall–Kier alpha value is -3.00. The number of carbonyl (C=O) groups excluding carboxylic acids is 1. The molecule has 2 aliphatic rings. The minimum atomic E-state index is -3.79. The summed E-state index contributed by atoms with van der Waals surface area (Å²) in [6.45, 7) is 5.68. The van der Waals surface area contributed by atoms with Gasteiger partial charge in [0.1, 0.15) is 16.6 Å². The largest absolute Gasteiger partial charge is 0.354 e. The number of benzene rings is 2. The van der Waals surface area contributed by atoms with Crippen molar-refractivity contribution >= 4 is 26.7 Å². The van der Waals surface area contributed by atoms with Crippen molar-refractivity contribution in [1.82, 2.24) is 9.80 Å². The van der Waals surface area contributed by atoms with Crippen molar-refractivity contribution in [3.05, 3.63) is 76.6 Å². The van der Waals surface area contributed by atoms with Crippen molar-refractivity contribution in [2.24, 2.45) is 4.40 Å². The average molecular weight is 442 g/mol. The molecule has 1 amide bonds. The molecule has 0 radical (unpaired) electrons. The molecule has 31 heavy (non-hydrogen) atoms. The Bertz CT molecular complexity index is 1190. The van der Waals surface area contributed by atoms with E-state index in [2.05, 4.69) is 4.40 Å². The van der Waals surface area contributed by atoms with Gasteiger partial charge in [-0.05, 0) is 44.0 Å². The van der Waals surface area contributed by atoms with E-state index in [4.69, 9.17) is 0 Å². The highest BCUT2D eigenvalue weighted by atomic mass is 32.2. The zero-order valence-corrected chi connectivity index (χ0v) is 18.3. The molecule has 0 atom stereocenters.